The van der Waals surface area contributed by atoms with Gasteiger partial charge in [-0.2, -0.15) is 5.10 Å². The van der Waals surface area contributed by atoms with Crippen LogP contribution in [0.2, 0.25) is 0 Å². The molecule has 3 heterocycles. The Balaban J connectivity index is 1.49. The van der Waals surface area contributed by atoms with Gasteiger partial charge in [0.2, 0.25) is 0 Å². The molecule has 0 saturated carbocycles. The van der Waals surface area contributed by atoms with E-state index in [1.807, 2.05) is 49.4 Å². The van der Waals surface area contributed by atoms with Crippen LogP contribution < -0.4 is 5.56 Å². The fraction of sp³-hybridized carbons (Fsp3) is 0.0952. The summed E-state index contributed by atoms with van der Waals surface area (Å²) in [6, 6.07) is 15.5. The number of aromatic nitrogens is 6. The molecule has 8 heteroatoms. The van der Waals surface area contributed by atoms with Crippen LogP contribution in [0.5, 0.6) is 0 Å². The van der Waals surface area contributed by atoms with Crippen LogP contribution >= 0.6 is 11.8 Å². The number of H-pyrrole nitrogens is 1. The molecule has 0 fully saturated rings. The first-order valence-electron chi connectivity index (χ1n) is 9.06. The van der Waals surface area contributed by atoms with Crippen LogP contribution in [0.1, 0.15) is 11.4 Å². The number of benzene rings is 2. The van der Waals surface area contributed by atoms with Gasteiger partial charge in [-0.15, -0.1) is 0 Å². The number of aryl methyl sites for hydroxylation is 1. The lowest BCUT2D eigenvalue weighted by Gasteiger charge is -2.06. The van der Waals surface area contributed by atoms with Gasteiger partial charge in [0.25, 0.3) is 5.56 Å². The fourth-order valence-corrected chi connectivity index (χ4v) is 4.08. The minimum Gasteiger partial charge on any atom is -0.309 e. The molecule has 0 aliphatic carbocycles. The molecule has 29 heavy (non-hydrogen) atoms. The molecular formula is C21H16N6OS. The van der Waals surface area contributed by atoms with Gasteiger partial charge in [0.15, 0.2) is 5.65 Å². The van der Waals surface area contributed by atoms with Crippen LogP contribution in [0, 0.1) is 6.92 Å². The summed E-state index contributed by atoms with van der Waals surface area (Å²) >= 11 is 1.50. The second-order valence-electron chi connectivity index (χ2n) is 6.58. The summed E-state index contributed by atoms with van der Waals surface area (Å²) in [5.41, 5.74) is 3.27. The molecule has 5 aromatic rings. The summed E-state index contributed by atoms with van der Waals surface area (Å²) in [6.07, 6.45) is 3.30. The van der Waals surface area contributed by atoms with E-state index in [-0.39, 0.29) is 5.56 Å². The number of thioether (sulfide) groups is 1. The molecule has 0 amide bonds. The van der Waals surface area contributed by atoms with Gasteiger partial charge in [0, 0.05) is 0 Å². The molecule has 7 nitrogen and oxygen atoms in total. The maximum absolute atomic E-state index is 12.4. The third-order valence-corrected chi connectivity index (χ3v) is 5.68. The number of fused-ring (bicyclic) bond motifs is 2. The highest BCUT2D eigenvalue weighted by Crippen LogP contribution is 2.27. The lowest BCUT2D eigenvalue weighted by molar-refractivity contribution is 0.893. The summed E-state index contributed by atoms with van der Waals surface area (Å²) < 4.78 is 1.79. The van der Waals surface area contributed by atoms with E-state index in [4.69, 9.17) is 0 Å². The van der Waals surface area contributed by atoms with Crippen molar-refractivity contribution >= 4 is 33.7 Å². The maximum Gasteiger partial charge on any atom is 0.258 e. The van der Waals surface area contributed by atoms with Gasteiger partial charge in [-0.05, 0) is 30.7 Å². The van der Waals surface area contributed by atoms with Crippen molar-refractivity contribution in [3.8, 4) is 5.69 Å². The van der Waals surface area contributed by atoms with Gasteiger partial charge < -0.3 is 4.98 Å². The quantitative estimate of drug-likeness (QED) is 0.366. The molecule has 142 valence electrons. The van der Waals surface area contributed by atoms with Crippen LogP contribution in [0.25, 0.3) is 27.6 Å². The van der Waals surface area contributed by atoms with Crippen molar-refractivity contribution in [3.63, 3.8) is 0 Å². The van der Waals surface area contributed by atoms with Crippen molar-refractivity contribution in [3.05, 3.63) is 82.8 Å². The number of aromatic amines is 1. The third kappa shape index (κ3) is 3.17. The fourth-order valence-electron chi connectivity index (χ4n) is 3.25. The first kappa shape index (κ1) is 17.6. The molecule has 0 spiro atoms. The standard InChI is InChI=1S/C21H16N6OS/c1-13-6-5-9-15-18(13)25-17(26-20(15)28)11-29-21-16-10-24-27(19(16)22-12-23-21)14-7-3-2-4-8-14/h2-10,12H,11H2,1H3,(H,25,26,28). The Labute approximate surface area is 169 Å². The smallest absolute Gasteiger partial charge is 0.258 e. The zero-order valence-corrected chi connectivity index (χ0v) is 16.3. The SMILES string of the molecule is Cc1cccc2c(=O)[nH]c(CSc3ncnc4c3cnn4-c3ccccc3)nc12. The predicted octanol–water partition coefficient (Wildman–Crippen LogP) is 3.65. The van der Waals surface area contributed by atoms with Gasteiger partial charge in [-0.25, -0.2) is 19.6 Å². The zero-order chi connectivity index (χ0) is 19.8. The Hall–Kier alpha value is -3.52. The maximum atomic E-state index is 12.4. The minimum atomic E-state index is -0.126. The molecule has 5 rings (SSSR count). The highest BCUT2D eigenvalue weighted by molar-refractivity contribution is 7.98. The molecule has 3 aromatic heterocycles. The molecule has 1 N–H and O–H groups in total. The summed E-state index contributed by atoms with van der Waals surface area (Å²) in [6.45, 7) is 1.96. The Morgan fingerprint density at radius 2 is 1.90 bits per heavy atom. The molecule has 0 bridgehead atoms. The lowest BCUT2D eigenvalue weighted by atomic mass is 10.1. The molecule has 0 saturated heterocycles. The molecule has 0 atom stereocenters. The monoisotopic (exact) mass is 400 g/mol. The Morgan fingerprint density at radius 1 is 1.03 bits per heavy atom. The summed E-state index contributed by atoms with van der Waals surface area (Å²) in [5.74, 6) is 1.10. The second kappa shape index (κ2) is 7.14. The van der Waals surface area contributed by atoms with Crippen molar-refractivity contribution in [2.24, 2.45) is 0 Å². The number of nitrogens with one attached hydrogen (secondary N) is 1. The van der Waals surface area contributed by atoms with Crippen molar-refractivity contribution in [2.45, 2.75) is 17.7 Å². The lowest BCUT2D eigenvalue weighted by Crippen LogP contribution is -2.11. The first-order valence-corrected chi connectivity index (χ1v) is 10.0. The van der Waals surface area contributed by atoms with Crippen molar-refractivity contribution in [2.75, 3.05) is 0 Å². The van der Waals surface area contributed by atoms with Crippen molar-refractivity contribution in [1.82, 2.24) is 29.7 Å². The third-order valence-electron chi connectivity index (χ3n) is 4.66. The van der Waals surface area contributed by atoms with Gasteiger partial charge >= 0.3 is 0 Å². The van der Waals surface area contributed by atoms with Gasteiger partial charge in [-0.3, -0.25) is 4.79 Å². The largest absolute Gasteiger partial charge is 0.309 e. The molecule has 0 radical (unpaired) electrons. The molecule has 0 aliphatic heterocycles. The normalized spacial score (nSPS) is 11.3. The number of hydrogen-bond donors (Lipinski definition) is 1. The summed E-state index contributed by atoms with van der Waals surface area (Å²) in [4.78, 5) is 28.7. The van der Waals surface area contributed by atoms with Crippen LogP contribution in [0.4, 0.5) is 0 Å². The van der Waals surface area contributed by atoms with Crippen LogP contribution in [0.3, 0.4) is 0 Å². The molecule has 0 unspecified atom stereocenters. The second-order valence-corrected chi connectivity index (χ2v) is 7.54. The molecule has 2 aromatic carbocycles. The van der Waals surface area contributed by atoms with E-state index in [1.165, 1.54) is 18.1 Å². The molecular weight excluding hydrogens is 384 g/mol. The summed E-state index contributed by atoms with van der Waals surface area (Å²) in [7, 11) is 0. The number of para-hydroxylation sites is 2. The predicted molar refractivity (Wildman–Crippen MR) is 113 cm³/mol. The minimum absolute atomic E-state index is 0.126. The average Bonchev–Trinajstić information content (AvgIpc) is 3.18. The van der Waals surface area contributed by atoms with Gasteiger partial charge in [0.1, 0.15) is 17.2 Å². The number of nitrogens with zero attached hydrogens (tertiary/aromatic N) is 5. The topological polar surface area (TPSA) is 89.4 Å². The van der Waals surface area contributed by atoms with Crippen LogP contribution in [-0.4, -0.2) is 29.7 Å². The number of hydrogen-bond acceptors (Lipinski definition) is 6. The Bertz CT molecular complexity index is 1390. The Kier molecular flexibility index (Phi) is 4.33. The molecule has 0 aliphatic rings. The average molecular weight is 400 g/mol. The highest BCUT2D eigenvalue weighted by atomic mass is 32.2. The summed E-state index contributed by atoms with van der Waals surface area (Å²) in [5, 5.41) is 6.74. The zero-order valence-electron chi connectivity index (χ0n) is 15.5. The van der Waals surface area contributed by atoms with Gasteiger partial charge in [-0.1, -0.05) is 42.1 Å². The van der Waals surface area contributed by atoms with Crippen LogP contribution in [0.15, 0.2) is 70.9 Å². The van der Waals surface area contributed by atoms with E-state index in [2.05, 4.69) is 25.0 Å². The van der Waals surface area contributed by atoms with E-state index < -0.39 is 0 Å². The van der Waals surface area contributed by atoms with E-state index >= 15 is 0 Å². The van der Waals surface area contributed by atoms with E-state index in [9.17, 15) is 4.79 Å². The Morgan fingerprint density at radius 3 is 2.76 bits per heavy atom. The highest BCUT2D eigenvalue weighted by Gasteiger charge is 2.13. The first-order chi connectivity index (χ1) is 14.2. The van der Waals surface area contributed by atoms with Gasteiger partial charge in [0.05, 0.1) is 33.9 Å². The van der Waals surface area contributed by atoms with Crippen molar-refractivity contribution < 1.29 is 0 Å². The number of rotatable bonds is 4. The van der Waals surface area contributed by atoms with E-state index in [0.29, 0.717) is 17.0 Å². The van der Waals surface area contributed by atoms with E-state index in [1.54, 1.807) is 16.9 Å². The van der Waals surface area contributed by atoms with Crippen molar-refractivity contribution in [1.29, 1.82) is 0 Å². The van der Waals surface area contributed by atoms with E-state index in [0.717, 1.165) is 32.8 Å². The van der Waals surface area contributed by atoms with Crippen LogP contribution in [-0.2, 0) is 5.75 Å².